The highest BCUT2D eigenvalue weighted by atomic mass is 35.5. The monoisotopic (exact) mass is 332 g/mol. The maximum atomic E-state index is 12.5. The van der Waals surface area contributed by atoms with Crippen molar-refractivity contribution in [2.24, 2.45) is 7.05 Å². The van der Waals surface area contributed by atoms with Gasteiger partial charge < -0.3 is 9.67 Å². The van der Waals surface area contributed by atoms with Crippen LogP contribution in [0.4, 0.5) is 0 Å². The van der Waals surface area contributed by atoms with E-state index in [1.165, 1.54) is 0 Å². The summed E-state index contributed by atoms with van der Waals surface area (Å²) in [4.78, 5) is 27.9. The molecule has 2 heterocycles. The lowest BCUT2D eigenvalue weighted by Gasteiger charge is -2.09. The van der Waals surface area contributed by atoms with Crippen molar-refractivity contribution < 1.29 is 9.90 Å². The number of carbonyl (C=O) groups is 1. The first-order valence-corrected chi connectivity index (χ1v) is 7.19. The zero-order valence-electron chi connectivity index (χ0n) is 12.4. The Balaban J connectivity index is 2.25. The molecule has 0 amide bonds. The van der Waals surface area contributed by atoms with Crippen molar-refractivity contribution in [3.05, 3.63) is 50.9 Å². The van der Waals surface area contributed by atoms with E-state index in [1.807, 2.05) is 0 Å². The largest absolute Gasteiger partial charge is 0.481 e. The van der Waals surface area contributed by atoms with Gasteiger partial charge in [0.2, 0.25) is 5.78 Å². The Hall–Kier alpha value is -2.67. The van der Waals surface area contributed by atoms with Crippen LogP contribution >= 0.6 is 11.6 Å². The molecule has 0 atom stereocenters. The lowest BCUT2D eigenvalue weighted by atomic mass is 10.1. The number of aliphatic carboxylic acids is 1. The molecule has 0 bridgehead atoms. The van der Waals surface area contributed by atoms with Crippen LogP contribution in [0.2, 0.25) is 5.02 Å². The minimum absolute atomic E-state index is 0.194. The number of benzene rings is 1. The standard InChI is InChI=1S/C15H13ClN4O3/c1-8-11(7-12(21)22)14(23)20-15(19(8)2)17-13(18-20)9-3-5-10(16)6-4-9/h3-6H,7H2,1-2H3,(H,21,22). The van der Waals surface area contributed by atoms with E-state index in [-0.39, 0.29) is 12.0 Å². The Kier molecular flexibility index (Phi) is 3.65. The van der Waals surface area contributed by atoms with Gasteiger partial charge in [0.1, 0.15) is 0 Å². The fourth-order valence-electron chi connectivity index (χ4n) is 2.37. The smallest absolute Gasteiger partial charge is 0.308 e. The van der Waals surface area contributed by atoms with E-state index < -0.39 is 11.5 Å². The van der Waals surface area contributed by atoms with Gasteiger partial charge in [0.15, 0.2) is 5.82 Å². The molecule has 8 heteroatoms. The van der Waals surface area contributed by atoms with Crippen LogP contribution in [0.25, 0.3) is 17.2 Å². The molecule has 3 aromatic rings. The predicted molar refractivity (Wildman–Crippen MR) is 84.8 cm³/mol. The molecule has 1 N–H and O–H groups in total. The number of nitrogens with zero attached hydrogens (tertiary/aromatic N) is 4. The number of halogens is 1. The molecule has 7 nitrogen and oxygen atoms in total. The van der Waals surface area contributed by atoms with E-state index in [4.69, 9.17) is 16.7 Å². The molecular weight excluding hydrogens is 320 g/mol. The number of carboxylic acids is 1. The van der Waals surface area contributed by atoms with Gasteiger partial charge in [-0.3, -0.25) is 9.59 Å². The summed E-state index contributed by atoms with van der Waals surface area (Å²) >= 11 is 5.86. The van der Waals surface area contributed by atoms with E-state index in [0.717, 1.165) is 10.1 Å². The van der Waals surface area contributed by atoms with Crippen molar-refractivity contribution in [2.75, 3.05) is 0 Å². The van der Waals surface area contributed by atoms with E-state index >= 15 is 0 Å². The number of rotatable bonds is 3. The third-order valence-electron chi connectivity index (χ3n) is 3.71. The second-order valence-electron chi connectivity index (χ2n) is 5.15. The molecule has 0 spiro atoms. The van der Waals surface area contributed by atoms with Crippen molar-refractivity contribution in [3.8, 4) is 11.4 Å². The Bertz CT molecular complexity index is 973. The molecule has 0 aliphatic heterocycles. The summed E-state index contributed by atoms with van der Waals surface area (Å²) in [5.41, 5.74) is 1.00. The highest BCUT2D eigenvalue weighted by Gasteiger charge is 2.18. The zero-order chi connectivity index (χ0) is 16.7. The van der Waals surface area contributed by atoms with Crippen molar-refractivity contribution in [3.63, 3.8) is 0 Å². The van der Waals surface area contributed by atoms with Gasteiger partial charge in [0.25, 0.3) is 5.56 Å². The van der Waals surface area contributed by atoms with Gasteiger partial charge in [-0.15, -0.1) is 5.10 Å². The van der Waals surface area contributed by atoms with Gasteiger partial charge in [0, 0.05) is 28.9 Å². The van der Waals surface area contributed by atoms with Gasteiger partial charge in [-0.25, -0.2) is 0 Å². The van der Waals surface area contributed by atoms with Crippen LogP contribution in [0, 0.1) is 6.92 Å². The molecule has 118 valence electrons. The maximum absolute atomic E-state index is 12.5. The van der Waals surface area contributed by atoms with Crippen molar-refractivity contribution in [2.45, 2.75) is 13.3 Å². The average Bonchev–Trinajstić information content (AvgIpc) is 2.95. The minimum Gasteiger partial charge on any atom is -0.481 e. The van der Waals surface area contributed by atoms with E-state index in [2.05, 4.69) is 10.1 Å². The third-order valence-corrected chi connectivity index (χ3v) is 3.96. The van der Waals surface area contributed by atoms with Gasteiger partial charge in [-0.05, 0) is 31.2 Å². The van der Waals surface area contributed by atoms with Crippen LogP contribution in [0.1, 0.15) is 11.3 Å². The molecule has 23 heavy (non-hydrogen) atoms. The van der Waals surface area contributed by atoms with Crippen LogP contribution in [-0.4, -0.2) is 30.2 Å². The zero-order valence-corrected chi connectivity index (χ0v) is 13.2. The summed E-state index contributed by atoms with van der Waals surface area (Å²) in [7, 11) is 1.72. The minimum atomic E-state index is -1.07. The van der Waals surface area contributed by atoms with Crippen LogP contribution in [-0.2, 0) is 18.3 Å². The number of aromatic nitrogens is 4. The summed E-state index contributed by atoms with van der Waals surface area (Å²) in [5.74, 6) is -0.338. The summed E-state index contributed by atoms with van der Waals surface area (Å²) in [6.07, 6.45) is -0.357. The van der Waals surface area contributed by atoms with Crippen LogP contribution in [0.5, 0.6) is 0 Å². The summed E-state index contributed by atoms with van der Waals surface area (Å²) < 4.78 is 2.79. The summed E-state index contributed by atoms with van der Waals surface area (Å²) in [6, 6.07) is 6.93. The number of aryl methyl sites for hydroxylation is 1. The van der Waals surface area contributed by atoms with Gasteiger partial charge in [0.05, 0.1) is 6.42 Å². The molecule has 2 aromatic heterocycles. The molecule has 0 saturated carbocycles. The summed E-state index contributed by atoms with van der Waals surface area (Å²) in [5, 5.41) is 13.8. The quantitative estimate of drug-likeness (QED) is 0.788. The van der Waals surface area contributed by atoms with Gasteiger partial charge in [-0.1, -0.05) is 11.6 Å². The molecule has 1 aromatic carbocycles. The average molecular weight is 333 g/mol. The molecule has 0 aliphatic rings. The second kappa shape index (κ2) is 5.51. The molecule has 0 unspecified atom stereocenters. The molecule has 0 fully saturated rings. The van der Waals surface area contributed by atoms with Crippen LogP contribution in [0.3, 0.4) is 0 Å². The van der Waals surface area contributed by atoms with Crippen molar-refractivity contribution in [1.29, 1.82) is 0 Å². The second-order valence-corrected chi connectivity index (χ2v) is 5.59. The first-order valence-electron chi connectivity index (χ1n) is 6.81. The Morgan fingerprint density at radius 2 is 1.96 bits per heavy atom. The van der Waals surface area contributed by atoms with Crippen molar-refractivity contribution >= 4 is 23.3 Å². The first-order chi connectivity index (χ1) is 10.9. The Morgan fingerprint density at radius 3 is 2.57 bits per heavy atom. The Morgan fingerprint density at radius 1 is 1.30 bits per heavy atom. The molecule has 0 saturated heterocycles. The topological polar surface area (TPSA) is 89.5 Å². The first kappa shape index (κ1) is 15.2. The number of hydrogen-bond donors (Lipinski definition) is 1. The lowest BCUT2D eigenvalue weighted by Crippen LogP contribution is -2.26. The van der Waals surface area contributed by atoms with E-state index in [0.29, 0.717) is 22.3 Å². The highest BCUT2D eigenvalue weighted by Crippen LogP contribution is 2.19. The van der Waals surface area contributed by atoms with Crippen molar-refractivity contribution in [1.82, 2.24) is 19.2 Å². The molecule has 0 aliphatic carbocycles. The normalized spacial score (nSPS) is 11.1. The Labute approximate surface area is 135 Å². The van der Waals surface area contributed by atoms with Crippen LogP contribution in [0.15, 0.2) is 29.1 Å². The number of hydrogen-bond acceptors (Lipinski definition) is 4. The number of fused-ring (bicyclic) bond motifs is 1. The molecule has 0 radical (unpaired) electrons. The molecule has 3 rings (SSSR count). The fourth-order valence-corrected chi connectivity index (χ4v) is 2.49. The SMILES string of the molecule is Cc1c(CC(=O)O)c(=O)n2nc(-c3ccc(Cl)cc3)nc2n1C. The lowest BCUT2D eigenvalue weighted by molar-refractivity contribution is -0.136. The van der Waals surface area contributed by atoms with E-state index in [9.17, 15) is 9.59 Å². The molecular formula is C15H13ClN4O3. The van der Waals surface area contributed by atoms with E-state index in [1.54, 1.807) is 42.8 Å². The third kappa shape index (κ3) is 2.59. The predicted octanol–water partition coefficient (Wildman–Crippen LogP) is 1.68. The maximum Gasteiger partial charge on any atom is 0.308 e. The van der Waals surface area contributed by atoms with Gasteiger partial charge >= 0.3 is 5.97 Å². The van der Waals surface area contributed by atoms with Crippen LogP contribution < -0.4 is 5.56 Å². The number of carboxylic acid groups (broad SMARTS) is 1. The highest BCUT2D eigenvalue weighted by molar-refractivity contribution is 6.30. The summed E-state index contributed by atoms with van der Waals surface area (Å²) in [6.45, 7) is 1.69. The fraction of sp³-hybridized carbons (Fsp3) is 0.200. The van der Waals surface area contributed by atoms with Gasteiger partial charge in [-0.2, -0.15) is 9.50 Å².